The van der Waals surface area contributed by atoms with Crippen LogP contribution in [0.5, 0.6) is 0 Å². The lowest BCUT2D eigenvalue weighted by atomic mass is 10.1. The van der Waals surface area contributed by atoms with Gasteiger partial charge >= 0.3 is 0 Å². The Kier molecular flexibility index (Phi) is 14.1. The third-order valence-electron chi connectivity index (χ3n) is 5.21. The van der Waals surface area contributed by atoms with Gasteiger partial charge in [0.2, 0.25) is 0 Å². The van der Waals surface area contributed by atoms with Gasteiger partial charge in [-0.1, -0.05) is 58.3 Å². The van der Waals surface area contributed by atoms with E-state index in [4.69, 9.17) is 0 Å². The third-order valence-corrected chi connectivity index (χ3v) is 5.21. The van der Waals surface area contributed by atoms with E-state index in [9.17, 15) is 0 Å². The molecule has 146 valence electrons. The van der Waals surface area contributed by atoms with Gasteiger partial charge in [0.25, 0.3) is 0 Å². The fourth-order valence-corrected chi connectivity index (χ4v) is 3.44. The summed E-state index contributed by atoms with van der Waals surface area (Å²) in [5.74, 6) is 0. The molecule has 0 fully saturated rings. The molecule has 0 aliphatic carbocycles. The third kappa shape index (κ3) is 18.3. The monoisotopic (exact) mass is 342 g/mol. The second-order valence-corrected chi connectivity index (χ2v) is 9.64. The van der Waals surface area contributed by atoms with Crippen molar-refractivity contribution in [3.63, 3.8) is 0 Å². The number of unbranched alkanes of at least 4 members (excludes halogenated alkanes) is 11. The van der Waals surface area contributed by atoms with Crippen molar-refractivity contribution in [2.45, 2.75) is 90.4 Å². The van der Waals surface area contributed by atoms with Crippen LogP contribution in [0.4, 0.5) is 0 Å². The zero-order chi connectivity index (χ0) is 18.3. The molecule has 0 saturated carbocycles. The van der Waals surface area contributed by atoms with Crippen molar-refractivity contribution in [2.75, 3.05) is 54.9 Å². The van der Waals surface area contributed by atoms with E-state index in [1.807, 2.05) is 0 Å². The van der Waals surface area contributed by atoms with Crippen molar-refractivity contribution < 1.29 is 8.97 Å². The average Bonchev–Trinajstić information content (AvgIpc) is 2.47. The van der Waals surface area contributed by atoms with Gasteiger partial charge in [-0.15, -0.1) is 0 Å². The fourth-order valence-electron chi connectivity index (χ4n) is 3.44. The number of hydrogen-bond acceptors (Lipinski definition) is 0. The molecule has 0 unspecified atom stereocenters. The minimum atomic E-state index is 1.11. The Morgan fingerprint density at radius 1 is 0.417 bits per heavy atom. The van der Waals surface area contributed by atoms with Gasteiger partial charge in [0.1, 0.15) is 0 Å². The van der Waals surface area contributed by atoms with Crippen LogP contribution in [0.1, 0.15) is 90.4 Å². The van der Waals surface area contributed by atoms with E-state index in [-0.39, 0.29) is 0 Å². The summed E-state index contributed by atoms with van der Waals surface area (Å²) in [5, 5.41) is 0. The number of nitrogens with zero attached hydrogens (tertiary/aromatic N) is 2. The van der Waals surface area contributed by atoms with Gasteiger partial charge in [-0.3, -0.25) is 0 Å². The molecule has 0 N–H and O–H groups in total. The molecular weight excluding hydrogens is 292 g/mol. The molecule has 0 amide bonds. The minimum absolute atomic E-state index is 1.11. The van der Waals surface area contributed by atoms with Gasteiger partial charge in [-0.2, -0.15) is 0 Å². The van der Waals surface area contributed by atoms with Crippen LogP contribution < -0.4 is 0 Å². The first-order valence-electron chi connectivity index (χ1n) is 10.9. The van der Waals surface area contributed by atoms with E-state index < -0.39 is 0 Å². The molecule has 0 saturated heterocycles. The normalized spacial score (nSPS) is 12.8. The zero-order valence-electron chi connectivity index (χ0n) is 18.2. The highest BCUT2D eigenvalue weighted by molar-refractivity contribution is 4.48. The average molecular weight is 343 g/mol. The smallest absolute Gasteiger partial charge is 0.0782 e. The van der Waals surface area contributed by atoms with Crippen molar-refractivity contribution in [1.29, 1.82) is 0 Å². The summed E-state index contributed by atoms with van der Waals surface area (Å²) in [4.78, 5) is 0. The van der Waals surface area contributed by atoms with Crippen LogP contribution in [0.15, 0.2) is 0 Å². The lowest BCUT2D eigenvalue weighted by Gasteiger charge is -2.30. The van der Waals surface area contributed by atoms with E-state index in [2.05, 4.69) is 42.2 Å². The standard InChI is InChI=1S/C22H50N2/c1-7-8-9-10-11-12-13-14-15-18-21-24(5,6)22-19-16-17-20-23(2,3)4/h7-22H2,1-6H3/q+2. The van der Waals surface area contributed by atoms with Gasteiger partial charge in [0.15, 0.2) is 0 Å². The second-order valence-electron chi connectivity index (χ2n) is 9.64. The topological polar surface area (TPSA) is 0 Å². The molecule has 0 radical (unpaired) electrons. The number of rotatable bonds is 17. The lowest BCUT2D eigenvalue weighted by Crippen LogP contribution is -2.41. The van der Waals surface area contributed by atoms with Crippen LogP contribution >= 0.6 is 0 Å². The molecule has 24 heavy (non-hydrogen) atoms. The predicted molar refractivity (Wildman–Crippen MR) is 110 cm³/mol. The molecule has 0 atom stereocenters. The maximum Gasteiger partial charge on any atom is 0.0782 e. The van der Waals surface area contributed by atoms with Gasteiger partial charge in [-0.25, -0.2) is 0 Å². The van der Waals surface area contributed by atoms with Crippen LogP contribution in [0, 0.1) is 0 Å². The van der Waals surface area contributed by atoms with Gasteiger partial charge < -0.3 is 8.97 Å². The van der Waals surface area contributed by atoms with E-state index >= 15 is 0 Å². The summed E-state index contributed by atoms with van der Waals surface area (Å²) in [5.41, 5.74) is 0. The molecule has 2 heteroatoms. The molecule has 0 aromatic rings. The Morgan fingerprint density at radius 2 is 0.750 bits per heavy atom. The predicted octanol–water partition coefficient (Wildman–Crippen LogP) is 5.86. The zero-order valence-corrected chi connectivity index (χ0v) is 18.2. The van der Waals surface area contributed by atoms with Crippen LogP contribution in [0.3, 0.4) is 0 Å². The molecule has 0 heterocycles. The summed E-state index contributed by atoms with van der Waals surface area (Å²) in [6, 6.07) is 0. The lowest BCUT2D eigenvalue weighted by molar-refractivity contribution is -0.891. The fraction of sp³-hybridized carbons (Fsp3) is 1.00. The van der Waals surface area contributed by atoms with Crippen LogP contribution in [0.25, 0.3) is 0 Å². The molecule has 0 aliphatic rings. The van der Waals surface area contributed by atoms with Crippen molar-refractivity contribution >= 4 is 0 Å². The van der Waals surface area contributed by atoms with Crippen molar-refractivity contribution in [1.82, 2.24) is 0 Å². The van der Waals surface area contributed by atoms with Gasteiger partial charge in [-0.05, 0) is 32.1 Å². The molecule has 0 spiro atoms. The summed E-state index contributed by atoms with van der Waals surface area (Å²) >= 11 is 0. The molecule has 0 aromatic heterocycles. The number of quaternary nitrogens is 2. The maximum atomic E-state index is 2.42. The SMILES string of the molecule is CCCCCCCCCCCC[N+](C)(C)CCCCC[N+](C)(C)C. The van der Waals surface area contributed by atoms with E-state index in [1.165, 1.54) is 108 Å². The Labute approximate surface area is 154 Å². The Hall–Kier alpha value is -0.0800. The first-order valence-corrected chi connectivity index (χ1v) is 10.9. The highest BCUT2D eigenvalue weighted by Gasteiger charge is 2.14. The van der Waals surface area contributed by atoms with E-state index in [1.54, 1.807) is 0 Å². The summed E-state index contributed by atoms with van der Waals surface area (Å²) < 4.78 is 2.33. The largest absolute Gasteiger partial charge is 0.331 e. The number of hydrogen-bond donors (Lipinski definition) is 0. The van der Waals surface area contributed by atoms with Crippen molar-refractivity contribution in [2.24, 2.45) is 0 Å². The first-order chi connectivity index (χ1) is 11.3. The van der Waals surface area contributed by atoms with E-state index in [0.29, 0.717) is 0 Å². The van der Waals surface area contributed by atoms with Crippen molar-refractivity contribution in [3.8, 4) is 0 Å². The van der Waals surface area contributed by atoms with Gasteiger partial charge in [0, 0.05) is 0 Å². The van der Waals surface area contributed by atoms with Gasteiger partial charge in [0.05, 0.1) is 54.9 Å². The minimum Gasteiger partial charge on any atom is -0.331 e. The van der Waals surface area contributed by atoms with E-state index in [0.717, 1.165) is 4.48 Å². The first kappa shape index (κ1) is 23.9. The summed E-state index contributed by atoms with van der Waals surface area (Å²) in [6.07, 6.45) is 18.6. The van der Waals surface area contributed by atoms with Crippen LogP contribution in [0.2, 0.25) is 0 Å². The second kappa shape index (κ2) is 14.1. The molecule has 0 rings (SSSR count). The van der Waals surface area contributed by atoms with Crippen LogP contribution in [-0.2, 0) is 0 Å². The molecule has 2 nitrogen and oxygen atoms in total. The molecule has 0 aliphatic heterocycles. The summed E-state index contributed by atoms with van der Waals surface area (Å²) in [6.45, 7) is 6.33. The van der Waals surface area contributed by atoms with Crippen LogP contribution in [-0.4, -0.2) is 63.8 Å². The quantitative estimate of drug-likeness (QED) is 0.229. The maximum absolute atomic E-state index is 2.42. The molecular formula is C22H50N2+2. The Balaban J connectivity index is 3.41. The highest BCUT2D eigenvalue weighted by Crippen LogP contribution is 2.12. The molecule has 0 aromatic carbocycles. The Bertz CT molecular complexity index is 266. The summed E-state index contributed by atoms with van der Waals surface area (Å²) in [7, 11) is 11.7. The Morgan fingerprint density at radius 3 is 1.17 bits per heavy atom. The molecule has 0 bridgehead atoms. The van der Waals surface area contributed by atoms with Crippen molar-refractivity contribution in [3.05, 3.63) is 0 Å². The highest BCUT2D eigenvalue weighted by atomic mass is 15.3.